The third kappa shape index (κ3) is 4.62. The molecule has 0 radical (unpaired) electrons. The van der Waals surface area contributed by atoms with Crippen LogP contribution in [0.25, 0.3) is 5.69 Å². The van der Waals surface area contributed by atoms with Crippen molar-refractivity contribution in [2.24, 2.45) is 11.7 Å². The Morgan fingerprint density at radius 1 is 1.10 bits per heavy atom. The second kappa shape index (κ2) is 9.07. The molecule has 4 N–H and O–H groups in total. The number of carbonyl (C=O) groups is 1. The van der Waals surface area contributed by atoms with E-state index in [2.05, 4.69) is 5.10 Å². The second-order valence-corrected chi connectivity index (χ2v) is 7.30. The Balaban J connectivity index is 1.86. The maximum Gasteiger partial charge on any atom is 0.352 e. The van der Waals surface area contributed by atoms with E-state index in [1.165, 1.54) is 7.05 Å². The normalized spacial score (nSPS) is 10.7. The molecule has 0 atom stereocenters. The highest BCUT2D eigenvalue weighted by atomic mass is 16.5. The Morgan fingerprint density at radius 2 is 1.84 bits per heavy atom. The van der Waals surface area contributed by atoms with Crippen LogP contribution >= 0.6 is 0 Å². The summed E-state index contributed by atoms with van der Waals surface area (Å²) in [6, 6.07) is 10.5. The molecule has 0 saturated heterocycles. The molecule has 0 bridgehead atoms. The summed E-state index contributed by atoms with van der Waals surface area (Å²) in [5.74, 6) is 12.8. The number of methoxy groups -OCH3 is 1. The molecule has 3 aromatic rings. The van der Waals surface area contributed by atoms with Gasteiger partial charge in [0, 0.05) is 13.2 Å². The van der Waals surface area contributed by atoms with E-state index in [-0.39, 0.29) is 6.61 Å². The van der Waals surface area contributed by atoms with Crippen LogP contribution in [0.3, 0.4) is 0 Å². The number of aryl methyl sites for hydroxylation is 3. The molecule has 0 aliphatic carbocycles. The first-order valence-electron chi connectivity index (χ1n) is 9.72. The number of hydrazine groups is 2. The van der Waals surface area contributed by atoms with E-state index >= 15 is 0 Å². The van der Waals surface area contributed by atoms with Crippen LogP contribution in [-0.4, -0.2) is 35.0 Å². The Bertz CT molecular complexity index is 1070. The molecule has 0 fully saturated rings. The molecule has 164 valence electrons. The van der Waals surface area contributed by atoms with Gasteiger partial charge in [0.15, 0.2) is 0 Å². The molecule has 0 spiro atoms. The van der Waals surface area contributed by atoms with Gasteiger partial charge in [-0.05, 0) is 62.2 Å². The van der Waals surface area contributed by atoms with Crippen LogP contribution < -0.4 is 26.2 Å². The van der Waals surface area contributed by atoms with E-state index in [0.29, 0.717) is 22.7 Å². The Labute approximate surface area is 181 Å². The van der Waals surface area contributed by atoms with E-state index < -0.39 is 6.03 Å². The molecule has 0 unspecified atom stereocenters. The van der Waals surface area contributed by atoms with Gasteiger partial charge < -0.3 is 9.47 Å². The highest BCUT2D eigenvalue weighted by Gasteiger charge is 2.20. The lowest BCUT2D eigenvalue weighted by Gasteiger charge is -2.24. The van der Waals surface area contributed by atoms with Crippen molar-refractivity contribution in [1.29, 1.82) is 0 Å². The van der Waals surface area contributed by atoms with E-state index in [0.717, 1.165) is 32.5 Å². The first kappa shape index (κ1) is 22.1. The lowest BCUT2D eigenvalue weighted by Crippen LogP contribution is -2.49. The lowest BCUT2D eigenvalue weighted by molar-refractivity contribution is 0.216. The number of rotatable bonds is 6. The van der Waals surface area contributed by atoms with Crippen LogP contribution in [0.1, 0.15) is 22.4 Å². The zero-order valence-electron chi connectivity index (χ0n) is 18.4. The number of amides is 2. The fraction of sp³-hybridized carbons (Fsp3) is 0.273. The quantitative estimate of drug-likeness (QED) is 0.357. The Hall–Kier alpha value is -3.56. The number of hydrogen-bond acceptors (Lipinski definition) is 6. The minimum atomic E-state index is -0.570. The van der Waals surface area contributed by atoms with Crippen molar-refractivity contribution >= 4 is 11.7 Å². The van der Waals surface area contributed by atoms with Crippen LogP contribution in [0.5, 0.6) is 11.5 Å². The standard InChI is InChI=1S/C22H28N6O3/c1-14-11-17(27-12-15(2)16(3)25-27)9-10-20(14)31-13-18-19(7-6-8-21(18)30-5)28(24)22(29)26(4)23/h6-12H,13,23-24H2,1-5H3. The van der Waals surface area contributed by atoms with Crippen molar-refractivity contribution < 1.29 is 14.3 Å². The maximum atomic E-state index is 12.2. The summed E-state index contributed by atoms with van der Waals surface area (Å²) < 4.78 is 13.4. The molecule has 9 heteroatoms. The minimum Gasteiger partial charge on any atom is -0.496 e. The van der Waals surface area contributed by atoms with Gasteiger partial charge in [-0.3, -0.25) is 5.01 Å². The average Bonchev–Trinajstić information content (AvgIpc) is 3.09. The van der Waals surface area contributed by atoms with Gasteiger partial charge >= 0.3 is 6.03 Å². The molecule has 3 rings (SSSR count). The highest BCUT2D eigenvalue weighted by Crippen LogP contribution is 2.31. The third-order valence-corrected chi connectivity index (χ3v) is 5.03. The fourth-order valence-electron chi connectivity index (χ4n) is 3.16. The first-order chi connectivity index (χ1) is 14.7. The smallest absolute Gasteiger partial charge is 0.352 e. The molecule has 1 aromatic heterocycles. The minimum absolute atomic E-state index is 0.148. The van der Waals surface area contributed by atoms with Crippen molar-refractivity contribution in [1.82, 2.24) is 14.8 Å². The number of aromatic nitrogens is 2. The van der Waals surface area contributed by atoms with E-state index in [1.807, 2.05) is 49.8 Å². The molecule has 1 heterocycles. The number of carbonyl (C=O) groups excluding carboxylic acids is 1. The van der Waals surface area contributed by atoms with Crippen molar-refractivity contribution in [2.75, 3.05) is 19.2 Å². The Kier molecular flexibility index (Phi) is 6.47. The second-order valence-electron chi connectivity index (χ2n) is 7.30. The summed E-state index contributed by atoms with van der Waals surface area (Å²) in [5, 5.41) is 6.40. The number of anilines is 1. The van der Waals surface area contributed by atoms with E-state index in [4.69, 9.17) is 21.2 Å². The molecule has 9 nitrogen and oxygen atoms in total. The molecule has 31 heavy (non-hydrogen) atoms. The van der Waals surface area contributed by atoms with Gasteiger partial charge in [-0.1, -0.05) is 6.07 Å². The summed E-state index contributed by atoms with van der Waals surface area (Å²) in [7, 11) is 2.97. The molecule has 0 aliphatic heterocycles. The molecular weight excluding hydrogens is 396 g/mol. The summed E-state index contributed by atoms with van der Waals surface area (Å²) >= 11 is 0. The number of nitrogens with zero attached hydrogens (tertiary/aromatic N) is 4. The summed E-state index contributed by atoms with van der Waals surface area (Å²) in [4.78, 5) is 12.2. The van der Waals surface area contributed by atoms with Gasteiger partial charge in [-0.25, -0.2) is 26.2 Å². The monoisotopic (exact) mass is 424 g/mol. The molecular formula is C22H28N6O3. The zero-order valence-corrected chi connectivity index (χ0v) is 18.4. The number of benzene rings is 2. The predicted octanol–water partition coefficient (Wildman–Crippen LogP) is 2.99. The number of ether oxygens (including phenoxy) is 2. The number of urea groups is 1. The van der Waals surface area contributed by atoms with Gasteiger partial charge in [-0.15, -0.1) is 0 Å². The lowest BCUT2D eigenvalue weighted by atomic mass is 10.1. The van der Waals surface area contributed by atoms with E-state index in [9.17, 15) is 4.79 Å². The van der Waals surface area contributed by atoms with Gasteiger partial charge in [0.05, 0.1) is 29.7 Å². The van der Waals surface area contributed by atoms with Crippen LogP contribution in [0, 0.1) is 20.8 Å². The Morgan fingerprint density at radius 3 is 2.42 bits per heavy atom. The molecule has 2 amide bonds. The third-order valence-electron chi connectivity index (χ3n) is 5.03. The van der Waals surface area contributed by atoms with Gasteiger partial charge in [0.25, 0.3) is 0 Å². The van der Waals surface area contributed by atoms with Gasteiger partial charge in [0.1, 0.15) is 18.1 Å². The van der Waals surface area contributed by atoms with Crippen molar-refractivity contribution in [3.63, 3.8) is 0 Å². The number of hydrogen-bond donors (Lipinski definition) is 2. The molecule has 2 aromatic carbocycles. The number of nitrogens with two attached hydrogens (primary N) is 2. The van der Waals surface area contributed by atoms with Crippen LogP contribution in [0.15, 0.2) is 42.6 Å². The first-order valence-corrected chi connectivity index (χ1v) is 9.72. The van der Waals surface area contributed by atoms with Crippen LogP contribution in [0.2, 0.25) is 0 Å². The predicted molar refractivity (Wildman–Crippen MR) is 119 cm³/mol. The van der Waals surface area contributed by atoms with Crippen LogP contribution in [-0.2, 0) is 6.61 Å². The van der Waals surface area contributed by atoms with Crippen molar-refractivity contribution in [3.8, 4) is 17.2 Å². The largest absolute Gasteiger partial charge is 0.496 e. The van der Waals surface area contributed by atoms with Crippen molar-refractivity contribution in [2.45, 2.75) is 27.4 Å². The summed E-state index contributed by atoms with van der Waals surface area (Å²) in [6.07, 6.45) is 1.99. The van der Waals surface area contributed by atoms with Crippen LogP contribution in [0.4, 0.5) is 10.5 Å². The van der Waals surface area contributed by atoms with E-state index in [1.54, 1.807) is 25.3 Å². The molecule has 0 saturated carbocycles. The van der Waals surface area contributed by atoms with Crippen molar-refractivity contribution in [3.05, 3.63) is 65.0 Å². The topological polar surface area (TPSA) is 112 Å². The fourth-order valence-corrected chi connectivity index (χ4v) is 3.16. The van der Waals surface area contributed by atoms with Gasteiger partial charge in [-0.2, -0.15) is 5.10 Å². The SMILES string of the molecule is COc1cccc(N(N)C(=O)N(C)N)c1COc1ccc(-n2cc(C)c(C)n2)cc1C. The maximum absolute atomic E-state index is 12.2. The average molecular weight is 425 g/mol. The summed E-state index contributed by atoms with van der Waals surface area (Å²) in [6.45, 7) is 6.12. The van der Waals surface area contributed by atoms with Gasteiger partial charge in [0.2, 0.25) is 0 Å². The zero-order chi connectivity index (χ0) is 22.7. The summed E-state index contributed by atoms with van der Waals surface area (Å²) in [5.41, 5.74) is 5.09. The molecule has 0 aliphatic rings. The highest BCUT2D eigenvalue weighted by molar-refractivity contribution is 5.91.